The number of rotatable bonds is 5. The lowest BCUT2D eigenvalue weighted by Gasteiger charge is -2.01. The van der Waals surface area contributed by atoms with Gasteiger partial charge in [0.05, 0.1) is 4.90 Å². The van der Waals surface area contributed by atoms with Crippen LogP contribution in [0.25, 0.3) is 11.0 Å². The summed E-state index contributed by atoms with van der Waals surface area (Å²) in [6.07, 6.45) is 2.20. The Balaban J connectivity index is 1.45. The van der Waals surface area contributed by atoms with Crippen LogP contribution in [0.3, 0.4) is 0 Å². The zero-order valence-electron chi connectivity index (χ0n) is 14.8. The smallest absolute Gasteiger partial charge is 0.293 e. The number of furan rings is 1. The summed E-state index contributed by atoms with van der Waals surface area (Å²) < 4.78 is 28.2. The zero-order chi connectivity index (χ0) is 20.6. The molecule has 0 unspecified atom stereocenters. The first kappa shape index (κ1) is 19.6. The lowest BCUT2D eigenvalue weighted by atomic mass is 10.1. The standard InChI is InChI=1S/C19H14ClN3O4S2/c20-13-3-6-16-12(8-13)9-17(27-16)18(24)23-19-22-10-14(28-19)7-11-1-4-15(5-2-11)29(21,25)26/h1-6,8-10H,7H2,(H2,21,25,26)(H,22,23,24). The third-order valence-electron chi connectivity index (χ3n) is 4.11. The Morgan fingerprint density at radius 2 is 1.93 bits per heavy atom. The van der Waals surface area contributed by atoms with Gasteiger partial charge in [0.15, 0.2) is 10.9 Å². The molecular weight excluding hydrogens is 434 g/mol. The number of nitrogens with zero attached hydrogens (tertiary/aromatic N) is 1. The first-order chi connectivity index (χ1) is 13.8. The van der Waals surface area contributed by atoms with E-state index in [9.17, 15) is 13.2 Å². The van der Waals surface area contributed by atoms with Gasteiger partial charge in [-0.05, 0) is 42.0 Å². The minimum Gasteiger partial charge on any atom is -0.451 e. The van der Waals surface area contributed by atoms with Crippen LogP contribution in [0, 0.1) is 0 Å². The number of nitrogens with one attached hydrogen (secondary N) is 1. The maximum atomic E-state index is 12.4. The van der Waals surface area contributed by atoms with Crippen molar-refractivity contribution in [2.45, 2.75) is 11.3 Å². The Morgan fingerprint density at radius 1 is 1.17 bits per heavy atom. The van der Waals surface area contributed by atoms with Crippen LogP contribution in [0.2, 0.25) is 5.02 Å². The number of anilines is 1. The Kier molecular flexibility index (Phi) is 5.13. The van der Waals surface area contributed by atoms with Gasteiger partial charge in [-0.1, -0.05) is 23.7 Å². The first-order valence-electron chi connectivity index (χ1n) is 8.35. The van der Waals surface area contributed by atoms with E-state index >= 15 is 0 Å². The monoisotopic (exact) mass is 447 g/mol. The molecule has 0 spiro atoms. The van der Waals surface area contributed by atoms with Crippen LogP contribution in [-0.4, -0.2) is 19.3 Å². The van der Waals surface area contributed by atoms with E-state index in [2.05, 4.69) is 10.3 Å². The van der Waals surface area contributed by atoms with E-state index in [4.69, 9.17) is 21.2 Å². The molecule has 0 atom stereocenters. The molecule has 4 aromatic rings. The minimum atomic E-state index is -3.71. The molecular formula is C19H14ClN3O4S2. The summed E-state index contributed by atoms with van der Waals surface area (Å²) in [5.41, 5.74) is 1.47. The number of halogens is 1. The van der Waals surface area contributed by atoms with E-state index in [1.165, 1.54) is 23.5 Å². The van der Waals surface area contributed by atoms with Gasteiger partial charge >= 0.3 is 0 Å². The molecule has 0 radical (unpaired) electrons. The Hall–Kier alpha value is -2.72. The normalized spacial score (nSPS) is 11.7. The van der Waals surface area contributed by atoms with Crippen molar-refractivity contribution < 1.29 is 17.6 Å². The zero-order valence-corrected chi connectivity index (χ0v) is 17.1. The average Bonchev–Trinajstić information content (AvgIpc) is 3.27. The molecule has 1 amide bonds. The van der Waals surface area contributed by atoms with Crippen LogP contribution >= 0.6 is 22.9 Å². The number of carbonyl (C=O) groups is 1. The molecule has 10 heteroatoms. The van der Waals surface area contributed by atoms with Crippen LogP contribution in [-0.2, 0) is 16.4 Å². The van der Waals surface area contributed by atoms with Gasteiger partial charge in [-0.15, -0.1) is 11.3 Å². The van der Waals surface area contributed by atoms with E-state index in [0.717, 1.165) is 15.8 Å². The van der Waals surface area contributed by atoms with Crippen molar-refractivity contribution in [3.63, 3.8) is 0 Å². The van der Waals surface area contributed by atoms with Crippen molar-refractivity contribution in [3.05, 3.63) is 76.0 Å². The Morgan fingerprint density at radius 3 is 2.66 bits per heavy atom. The number of hydrogen-bond donors (Lipinski definition) is 2. The SMILES string of the molecule is NS(=O)(=O)c1ccc(Cc2cnc(NC(=O)c3cc4cc(Cl)ccc4o3)s2)cc1. The topological polar surface area (TPSA) is 115 Å². The third-order valence-corrected chi connectivity index (χ3v) is 6.18. The van der Waals surface area contributed by atoms with Gasteiger partial charge in [0.1, 0.15) is 5.58 Å². The van der Waals surface area contributed by atoms with Gasteiger partial charge in [0, 0.05) is 27.9 Å². The maximum absolute atomic E-state index is 12.4. The predicted octanol–water partition coefficient (Wildman–Crippen LogP) is 4.03. The number of sulfonamides is 1. The molecule has 0 fully saturated rings. The fourth-order valence-electron chi connectivity index (χ4n) is 2.73. The van der Waals surface area contributed by atoms with Gasteiger partial charge in [0.2, 0.25) is 10.0 Å². The highest BCUT2D eigenvalue weighted by Gasteiger charge is 2.15. The molecule has 7 nitrogen and oxygen atoms in total. The van der Waals surface area contributed by atoms with Gasteiger partial charge in [-0.2, -0.15) is 0 Å². The van der Waals surface area contributed by atoms with Gasteiger partial charge in [-0.25, -0.2) is 18.5 Å². The van der Waals surface area contributed by atoms with E-state index in [1.807, 2.05) is 0 Å². The molecule has 3 N–H and O–H groups in total. The van der Waals surface area contributed by atoms with E-state index in [1.54, 1.807) is 42.6 Å². The molecule has 0 saturated carbocycles. The highest BCUT2D eigenvalue weighted by atomic mass is 35.5. The fourth-order valence-corrected chi connectivity index (χ4v) is 4.27. The van der Waals surface area contributed by atoms with E-state index in [0.29, 0.717) is 22.2 Å². The molecule has 29 heavy (non-hydrogen) atoms. The van der Waals surface area contributed by atoms with Crippen molar-refractivity contribution in [1.82, 2.24) is 4.98 Å². The number of thiazole rings is 1. The largest absolute Gasteiger partial charge is 0.451 e. The summed E-state index contributed by atoms with van der Waals surface area (Å²) in [6.45, 7) is 0. The molecule has 2 heterocycles. The number of carbonyl (C=O) groups excluding carboxylic acids is 1. The molecule has 0 aliphatic rings. The maximum Gasteiger partial charge on any atom is 0.293 e. The molecule has 0 aliphatic carbocycles. The van der Waals surface area contributed by atoms with Crippen LogP contribution in [0.4, 0.5) is 5.13 Å². The molecule has 2 aromatic carbocycles. The lowest BCUT2D eigenvalue weighted by Crippen LogP contribution is -2.11. The lowest BCUT2D eigenvalue weighted by molar-refractivity contribution is 0.0998. The summed E-state index contributed by atoms with van der Waals surface area (Å²) in [5.74, 6) is -0.242. The molecule has 4 rings (SSSR count). The van der Waals surface area contributed by atoms with Crippen LogP contribution in [0.1, 0.15) is 21.0 Å². The van der Waals surface area contributed by atoms with Crippen molar-refractivity contribution >= 4 is 55.0 Å². The first-order valence-corrected chi connectivity index (χ1v) is 11.1. The molecule has 0 bridgehead atoms. The van der Waals surface area contributed by atoms with Crippen molar-refractivity contribution in [3.8, 4) is 0 Å². The fraction of sp³-hybridized carbons (Fsp3) is 0.0526. The molecule has 0 saturated heterocycles. The second-order valence-corrected chi connectivity index (χ2v) is 9.36. The summed E-state index contributed by atoms with van der Waals surface area (Å²) in [6, 6.07) is 13.0. The van der Waals surface area contributed by atoms with Crippen molar-refractivity contribution in [1.29, 1.82) is 0 Å². The highest BCUT2D eigenvalue weighted by Crippen LogP contribution is 2.25. The third kappa shape index (κ3) is 4.48. The number of primary sulfonamides is 1. The number of aromatic nitrogens is 1. The van der Waals surface area contributed by atoms with Crippen LogP contribution in [0.15, 0.2) is 64.0 Å². The van der Waals surface area contributed by atoms with Gasteiger partial charge in [-0.3, -0.25) is 10.1 Å². The van der Waals surface area contributed by atoms with E-state index in [-0.39, 0.29) is 10.7 Å². The van der Waals surface area contributed by atoms with Crippen molar-refractivity contribution in [2.75, 3.05) is 5.32 Å². The van der Waals surface area contributed by atoms with Crippen molar-refractivity contribution in [2.24, 2.45) is 5.14 Å². The minimum absolute atomic E-state index is 0.0608. The molecule has 0 aliphatic heterocycles. The average molecular weight is 448 g/mol. The predicted molar refractivity (Wildman–Crippen MR) is 112 cm³/mol. The highest BCUT2D eigenvalue weighted by molar-refractivity contribution is 7.89. The van der Waals surface area contributed by atoms with Gasteiger partial charge < -0.3 is 4.42 Å². The molecule has 2 aromatic heterocycles. The summed E-state index contributed by atoms with van der Waals surface area (Å²) in [4.78, 5) is 17.6. The second kappa shape index (κ2) is 7.60. The Labute approximate surface area is 175 Å². The van der Waals surface area contributed by atoms with Crippen LogP contribution in [0.5, 0.6) is 0 Å². The number of benzene rings is 2. The van der Waals surface area contributed by atoms with Gasteiger partial charge in [0.25, 0.3) is 5.91 Å². The Bertz CT molecular complexity index is 1310. The quantitative estimate of drug-likeness (QED) is 0.479. The number of fused-ring (bicyclic) bond motifs is 1. The van der Waals surface area contributed by atoms with Crippen LogP contribution < -0.4 is 10.5 Å². The molecule has 148 valence electrons. The number of amides is 1. The number of hydrogen-bond acceptors (Lipinski definition) is 6. The summed E-state index contributed by atoms with van der Waals surface area (Å²) >= 11 is 7.27. The number of nitrogens with two attached hydrogens (primary N) is 1. The van der Waals surface area contributed by atoms with E-state index < -0.39 is 15.9 Å². The second-order valence-electron chi connectivity index (χ2n) is 6.24. The summed E-state index contributed by atoms with van der Waals surface area (Å²) in [7, 11) is -3.71. The summed E-state index contributed by atoms with van der Waals surface area (Å²) in [5, 5.41) is 9.55.